The smallest absolute Gasteiger partial charge is 0.323 e. The third-order valence-corrected chi connectivity index (χ3v) is 3.29. The van der Waals surface area contributed by atoms with Crippen molar-refractivity contribution in [1.82, 2.24) is 0 Å². The van der Waals surface area contributed by atoms with Crippen molar-refractivity contribution in [3.05, 3.63) is 52.5 Å². The summed E-state index contributed by atoms with van der Waals surface area (Å²) in [6, 6.07) is 9.80. The highest BCUT2D eigenvalue weighted by molar-refractivity contribution is 6.31. The van der Waals surface area contributed by atoms with Gasteiger partial charge in [0.05, 0.1) is 0 Å². The van der Waals surface area contributed by atoms with Crippen LogP contribution in [0.5, 0.6) is 5.75 Å². The van der Waals surface area contributed by atoms with Gasteiger partial charge < -0.3 is 15.7 Å². The average molecular weight is 291 g/mol. The van der Waals surface area contributed by atoms with E-state index < -0.39 is 0 Å². The highest BCUT2D eigenvalue weighted by Gasteiger charge is 2.05. The number of nitrogens with one attached hydrogen (secondary N) is 2. The van der Waals surface area contributed by atoms with Crippen molar-refractivity contribution in [3.63, 3.8) is 0 Å². The average Bonchev–Trinajstić information content (AvgIpc) is 2.38. The lowest BCUT2D eigenvalue weighted by Gasteiger charge is -2.09. The van der Waals surface area contributed by atoms with Crippen LogP contribution < -0.4 is 10.6 Å². The summed E-state index contributed by atoms with van der Waals surface area (Å²) in [5.41, 5.74) is 2.87. The Morgan fingerprint density at radius 2 is 1.60 bits per heavy atom. The summed E-state index contributed by atoms with van der Waals surface area (Å²) in [4.78, 5) is 11.8. The standard InChI is InChI=1S/C15H15ClN2O2/c1-9-3-4-12(8-13(9)16)18-15(20)17-11-5-6-14(19)10(2)7-11/h3-8,19H,1-2H3,(H2,17,18,20). The second-order valence-electron chi connectivity index (χ2n) is 4.54. The number of hydrogen-bond donors (Lipinski definition) is 3. The number of amides is 2. The minimum absolute atomic E-state index is 0.196. The Morgan fingerprint density at radius 3 is 2.20 bits per heavy atom. The molecule has 0 aromatic heterocycles. The molecule has 0 saturated carbocycles. The second-order valence-corrected chi connectivity index (χ2v) is 4.95. The fourth-order valence-electron chi connectivity index (χ4n) is 1.70. The molecule has 0 bridgehead atoms. The molecule has 2 aromatic carbocycles. The zero-order chi connectivity index (χ0) is 14.7. The Bertz CT molecular complexity index is 601. The molecule has 0 saturated heterocycles. The SMILES string of the molecule is Cc1cc(NC(=O)Nc2ccc(C)c(Cl)c2)ccc1O. The van der Waals surface area contributed by atoms with Crippen LogP contribution in [0.4, 0.5) is 16.2 Å². The molecule has 104 valence electrons. The number of anilines is 2. The summed E-state index contributed by atoms with van der Waals surface area (Å²) in [7, 11) is 0. The Morgan fingerprint density at radius 1 is 1.00 bits per heavy atom. The predicted molar refractivity (Wildman–Crippen MR) is 81.7 cm³/mol. The van der Waals surface area contributed by atoms with Crippen LogP contribution >= 0.6 is 11.6 Å². The van der Waals surface area contributed by atoms with Crippen molar-refractivity contribution in [2.45, 2.75) is 13.8 Å². The van der Waals surface area contributed by atoms with Gasteiger partial charge in [-0.05, 0) is 55.3 Å². The lowest BCUT2D eigenvalue weighted by atomic mass is 10.2. The Labute approximate surface area is 122 Å². The number of carbonyl (C=O) groups excluding carboxylic acids is 1. The van der Waals surface area contributed by atoms with Gasteiger partial charge in [-0.15, -0.1) is 0 Å². The first-order valence-electron chi connectivity index (χ1n) is 6.09. The molecular weight excluding hydrogens is 276 g/mol. The summed E-state index contributed by atoms with van der Waals surface area (Å²) in [5, 5.41) is 15.4. The van der Waals surface area contributed by atoms with E-state index in [0.29, 0.717) is 22.0 Å². The van der Waals surface area contributed by atoms with Crippen LogP contribution in [0.2, 0.25) is 5.02 Å². The number of phenols is 1. The third kappa shape index (κ3) is 3.42. The highest BCUT2D eigenvalue weighted by Crippen LogP contribution is 2.22. The number of carbonyl (C=O) groups is 1. The third-order valence-electron chi connectivity index (χ3n) is 2.88. The molecule has 0 atom stereocenters. The van der Waals surface area contributed by atoms with Crippen molar-refractivity contribution in [1.29, 1.82) is 0 Å². The van der Waals surface area contributed by atoms with E-state index in [-0.39, 0.29) is 11.8 Å². The first-order valence-corrected chi connectivity index (χ1v) is 6.47. The topological polar surface area (TPSA) is 61.4 Å². The van der Waals surface area contributed by atoms with Gasteiger partial charge in [0.1, 0.15) is 5.75 Å². The van der Waals surface area contributed by atoms with Crippen molar-refractivity contribution < 1.29 is 9.90 Å². The summed E-state index contributed by atoms with van der Waals surface area (Å²) in [6.07, 6.45) is 0. The van der Waals surface area contributed by atoms with Crippen LogP contribution in [0.25, 0.3) is 0 Å². The molecule has 5 heteroatoms. The molecule has 0 heterocycles. The van der Waals surface area contributed by atoms with E-state index >= 15 is 0 Å². The van der Waals surface area contributed by atoms with Gasteiger partial charge in [-0.3, -0.25) is 0 Å². The summed E-state index contributed by atoms with van der Waals surface area (Å²) in [5.74, 6) is 0.196. The van der Waals surface area contributed by atoms with Crippen molar-refractivity contribution >= 4 is 29.0 Å². The minimum atomic E-state index is -0.366. The van der Waals surface area contributed by atoms with E-state index in [1.54, 1.807) is 31.2 Å². The molecule has 3 N–H and O–H groups in total. The molecule has 0 radical (unpaired) electrons. The van der Waals surface area contributed by atoms with Gasteiger partial charge in [0, 0.05) is 16.4 Å². The van der Waals surface area contributed by atoms with E-state index in [0.717, 1.165) is 5.56 Å². The van der Waals surface area contributed by atoms with Crippen LogP contribution in [0, 0.1) is 13.8 Å². The number of aryl methyl sites for hydroxylation is 2. The van der Waals surface area contributed by atoms with E-state index in [2.05, 4.69) is 10.6 Å². The maximum atomic E-state index is 11.8. The molecule has 2 amide bonds. The van der Waals surface area contributed by atoms with Crippen molar-refractivity contribution in [2.24, 2.45) is 0 Å². The second kappa shape index (κ2) is 5.84. The highest BCUT2D eigenvalue weighted by atomic mass is 35.5. The molecule has 0 aliphatic carbocycles. The minimum Gasteiger partial charge on any atom is -0.508 e. The summed E-state index contributed by atoms with van der Waals surface area (Å²) in [6.45, 7) is 3.66. The largest absolute Gasteiger partial charge is 0.508 e. The molecule has 0 aliphatic heterocycles. The molecule has 0 aliphatic rings. The number of phenolic OH excluding ortho intramolecular Hbond substituents is 1. The zero-order valence-electron chi connectivity index (χ0n) is 11.2. The van der Waals surface area contributed by atoms with E-state index in [9.17, 15) is 9.90 Å². The molecule has 20 heavy (non-hydrogen) atoms. The van der Waals surface area contributed by atoms with Gasteiger partial charge in [0.2, 0.25) is 0 Å². The van der Waals surface area contributed by atoms with Gasteiger partial charge >= 0.3 is 6.03 Å². The summed E-state index contributed by atoms with van der Waals surface area (Å²) >= 11 is 6.00. The molecular formula is C15H15ClN2O2. The number of hydrogen-bond acceptors (Lipinski definition) is 2. The lowest BCUT2D eigenvalue weighted by Crippen LogP contribution is -2.19. The number of benzene rings is 2. The van der Waals surface area contributed by atoms with Gasteiger partial charge in [-0.2, -0.15) is 0 Å². The molecule has 2 aromatic rings. The zero-order valence-corrected chi connectivity index (χ0v) is 12.0. The fraction of sp³-hybridized carbons (Fsp3) is 0.133. The van der Waals surface area contributed by atoms with Crippen LogP contribution in [0.1, 0.15) is 11.1 Å². The van der Waals surface area contributed by atoms with Crippen LogP contribution in [-0.2, 0) is 0 Å². The summed E-state index contributed by atoms with van der Waals surface area (Å²) < 4.78 is 0. The number of urea groups is 1. The first-order chi connectivity index (χ1) is 9.45. The number of halogens is 1. The molecule has 0 fully saturated rings. The molecule has 4 nitrogen and oxygen atoms in total. The lowest BCUT2D eigenvalue weighted by molar-refractivity contribution is 0.262. The first kappa shape index (κ1) is 14.2. The van der Waals surface area contributed by atoms with E-state index in [1.807, 2.05) is 13.0 Å². The number of aromatic hydroxyl groups is 1. The fourth-order valence-corrected chi connectivity index (χ4v) is 1.88. The van der Waals surface area contributed by atoms with Crippen LogP contribution in [-0.4, -0.2) is 11.1 Å². The van der Waals surface area contributed by atoms with Gasteiger partial charge in [0.25, 0.3) is 0 Å². The molecule has 0 spiro atoms. The van der Waals surface area contributed by atoms with Crippen LogP contribution in [0.3, 0.4) is 0 Å². The quantitative estimate of drug-likeness (QED) is 0.722. The monoisotopic (exact) mass is 290 g/mol. The molecule has 2 rings (SSSR count). The van der Waals surface area contributed by atoms with E-state index in [1.165, 1.54) is 6.07 Å². The van der Waals surface area contributed by atoms with Crippen molar-refractivity contribution in [3.8, 4) is 5.75 Å². The van der Waals surface area contributed by atoms with E-state index in [4.69, 9.17) is 11.6 Å². The maximum absolute atomic E-state index is 11.8. The maximum Gasteiger partial charge on any atom is 0.323 e. The van der Waals surface area contributed by atoms with Gasteiger partial charge in [0.15, 0.2) is 0 Å². The Hall–Kier alpha value is -2.20. The van der Waals surface area contributed by atoms with Crippen LogP contribution in [0.15, 0.2) is 36.4 Å². The number of rotatable bonds is 2. The van der Waals surface area contributed by atoms with Gasteiger partial charge in [-0.1, -0.05) is 17.7 Å². The predicted octanol–water partition coefficient (Wildman–Crippen LogP) is 4.31. The van der Waals surface area contributed by atoms with Crippen molar-refractivity contribution in [2.75, 3.05) is 10.6 Å². The molecule has 0 unspecified atom stereocenters. The Balaban J connectivity index is 2.04. The normalized spacial score (nSPS) is 10.2. The Kier molecular flexibility index (Phi) is 4.15. The van der Waals surface area contributed by atoms with Gasteiger partial charge in [-0.25, -0.2) is 4.79 Å².